The third kappa shape index (κ3) is 6.48. The minimum Gasteiger partial charge on any atom is -0.450 e. The molecule has 0 aliphatic heterocycles. The van der Waals surface area contributed by atoms with Gasteiger partial charge in [0.05, 0.1) is 12.4 Å². The number of rotatable bonds is 8. The molecular formula is C17H18N6O3S3. The molecule has 0 fully saturated rings. The highest BCUT2D eigenvalue weighted by molar-refractivity contribution is 8.00. The molecule has 3 aromatic rings. The van der Waals surface area contributed by atoms with Gasteiger partial charge in [-0.25, -0.2) is 4.79 Å². The van der Waals surface area contributed by atoms with Crippen LogP contribution in [0, 0.1) is 6.92 Å². The normalized spacial score (nSPS) is 10.6. The summed E-state index contributed by atoms with van der Waals surface area (Å²) in [7, 11) is 0. The van der Waals surface area contributed by atoms with E-state index in [-0.39, 0.29) is 12.5 Å². The van der Waals surface area contributed by atoms with E-state index in [4.69, 9.17) is 4.74 Å². The van der Waals surface area contributed by atoms with Crippen molar-refractivity contribution >= 4 is 51.6 Å². The summed E-state index contributed by atoms with van der Waals surface area (Å²) in [6.07, 6.45) is -0.564. The van der Waals surface area contributed by atoms with E-state index < -0.39 is 6.09 Å². The topological polar surface area (TPSA) is 119 Å². The van der Waals surface area contributed by atoms with Crippen molar-refractivity contribution in [1.29, 1.82) is 0 Å². The Balaban J connectivity index is 1.47. The lowest BCUT2D eigenvalue weighted by atomic mass is 10.1. The van der Waals surface area contributed by atoms with Gasteiger partial charge in [-0.15, -0.1) is 20.4 Å². The Morgan fingerprint density at radius 3 is 2.66 bits per heavy atom. The Morgan fingerprint density at radius 1 is 1.10 bits per heavy atom. The van der Waals surface area contributed by atoms with Crippen LogP contribution in [0.1, 0.15) is 32.9 Å². The molecule has 2 aromatic heterocycles. The van der Waals surface area contributed by atoms with Crippen LogP contribution in [0.5, 0.6) is 0 Å². The zero-order chi connectivity index (χ0) is 20.6. The Labute approximate surface area is 179 Å². The van der Waals surface area contributed by atoms with E-state index in [0.717, 1.165) is 5.56 Å². The van der Waals surface area contributed by atoms with Crippen molar-refractivity contribution in [2.45, 2.75) is 30.5 Å². The van der Waals surface area contributed by atoms with Gasteiger partial charge in [0.2, 0.25) is 10.1 Å². The number of hydrogen-bond acceptors (Lipinski definition) is 10. The van der Waals surface area contributed by atoms with Crippen molar-refractivity contribution in [2.24, 2.45) is 0 Å². The van der Waals surface area contributed by atoms with Gasteiger partial charge in [-0.2, -0.15) is 0 Å². The first-order valence-corrected chi connectivity index (χ1v) is 11.2. The molecule has 12 heteroatoms. The van der Waals surface area contributed by atoms with E-state index in [9.17, 15) is 9.59 Å². The molecule has 0 radical (unpaired) electrons. The largest absolute Gasteiger partial charge is 0.450 e. The third-order valence-electron chi connectivity index (χ3n) is 3.44. The van der Waals surface area contributed by atoms with Gasteiger partial charge >= 0.3 is 6.09 Å². The van der Waals surface area contributed by atoms with E-state index in [1.807, 2.05) is 31.2 Å². The Hall–Kier alpha value is -2.57. The summed E-state index contributed by atoms with van der Waals surface area (Å²) >= 11 is 3.87. The van der Waals surface area contributed by atoms with E-state index in [1.54, 1.807) is 6.92 Å². The van der Waals surface area contributed by atoms with E-state index in [0.29, 0.717) is 31.8 Å². The quantitative estimate of drug-likeness (QED) is 0.395. The molecule has 0 aliphatic rings. The lowest BCUT2D eigenvalue weighted by Crippen LogP contribution is -2.22. The predicted octanol–water partition coefficient (Wildman–Crippen LogP) is 3.49. The second-order valence-corrected chi connectivity index (χ2v) is 8.94. The van der Waals surface area contributed by atoms with Crippen molar-refractivity contribution in [2.75, 3.05) is 11.9 Å². The maximum Gasteiger partial charge on any atom is 0.413 e. The van der Waals surface area contributed by atoms with Crippen LogP contribution in [0.15, 0.2) is 28.6 Å². The molecule has 2 amide bonds. The zero-order valence-electron chi connectivity index (χ0n) is 15.7. The molecular weight excluding hydrogens is 432 g/mol. The number of carbonyl (C=O) groups is 2. The third-order valence-corrected chi connectivity index (χ3v) is 6.53. The number of aromatic nitrogens is 4. The lowest BCUT2D eigenvalue weighted by Gasteiger charge is -2.03. The summed E-state index contributed by atoms with van der Waals surface area (Å²) in [6, 6.07) is 7.96. The predicted molar refractivity (Wildman–Crippen MR) is 112 cm³/mol. The molecule has 0 spiro atoms. The summed E-state index contributed by atoms with van der Waals surface area (Å²) in [6.45, 7) is 4.46. The fourth-order valence-electron chi connectivity index (χ4n) is 2.06. The number of nitrogens with zero attached hydrogens (tertiary/aromatic N) is 4. The molecule has 1 aromatic carbocycles. The number of hydrogen-bond donors (Lipinski definition) is 2. The van der Waals surface area contributed by atoms with Crippen LogP contribution in [-0.4, -0.2) is 39.0 Å². The van der Waals surface area contributed by atoms with Crippen molar-refractivity contribution in [3.63, 3.8) is 0 Å². The van der Waals surface area contributed by atoms with Crippen LogP contribution in [0.2, 0.25) is 0 Å². The first kappa shape index (κ1) is 21.1. The first-order valence-electron chi connectivity index (χ1n) is 8.59. The van der Waals surface area contributed by atoms with Crippen molar-refractivity contribution in [3.05, 3.63) is 45.4 Å². The van der Waals surface area contributed by atoms with Crippen LogP contribution in [0.3, 0.4) is 0 Å². The highest BCUT2D eigenvalue weighted by Gasteiger charge is 2.14. The molecule has 29 heavy (non-hydrogen) atoms. The fourth-order valence-corrected chi connectivity index (χ4v) is 4.54. The Morgan fingerprint density at radius 2 is 1.90 bits per heavy atom. The molecule has 2 N–H and O–H groups in total. The van der Waals surface area contributed by atoms with Crippen LogP contribution in [-0.2, 0) is 17.0 Å². The molecule has 2 heterocycles. The minimum atomic E-state index is -0.564. The summed E-state index contributed by atoms with van der Waals surface area (Å²) in [5.74, 6) is 0.243. The zero-order valence-corrected chi connectivity index (χ0v) is 18.1. The van der Waals surface area contributed by atoms with Crippen molar-refractivity contribution < 1.29 is 14.3 Å². The van der Waals surface area contributed by atoms with Crippen LogP contribution >= 0.6 is 34.4 Å². The van der Waals surface area contributed by atoms with Crippen LogP contribution in [0.4, 0.5) is 9.93 Å². The molecule has 0 saturated heterocycles. The number of ether oxygens (including phenoxy) is 1. The molecule has 0 atom stereocenters. The molecule has 0 unspecified atom stereocenters. The number of thioether (sulfide) groups is 1. The van der Waals surface area contributed by atoms with Gasteiger partial charge in [-0.1, -0.05) is 64.3 Å². The summed E-state index contributed by atoms with van der Waals surface area (Å²) < 4.78 is 5.45. The first-order chi connectivity index (χ1) is 14.0. The maximum atomic E-state index is 12.2. The lowest BCUT2D eigenvalue weighted by molar-refractivity contribution is 0.0949. The standard InChI is InChI=1S/C17H18N6O3S3/c1-3-26-16(25)19-15-22-23-17(29-15)27-9-12-20-21-14(28-12)13(24)18-8-11-6-4-10(2)5-7-11/h4-7H,3,8-9H2,1-2H3,(H,18,24)(H,19,22,25). The molecule has 152 valence electrons. The second-order valence-electron chi connectivity index (χ2n) is 5.68. The SMILES string of the molecule is CCOC(=O)Nc1nnc(SCc2nnc(C(=O)NCc3ccc(C)cc3)s2)s1. The van der Waals surface area contributed by atoms with Gasteiger partial charge in [0.1, 0.15) is 5.01 Å². The molecule has 0 saturated carbocycles. The minimum absolute atomic E-state index is 0.254. The smallest absolute Gasteiger partial charge is 0.413 e. The number of anilines is 1. The fraction of sp³-hybridized carbons (Fsp3) is 0.294. The van der Waals surface area contributed by atoms with E-state index in [2.05, 4.69) is 31.0 Å². The number of nitrogens with one attached hydrogen (secondary N) is 2. The van der Waals surface area contributed by atoms with Gasteiger partial charge in [-0.3, -0.25) is 10.1 Å². The van der Waals surface area contributed by atoms with Gasteiger partial charge < -0.3 is 10.1 Å². The average Bonchev–Trinajstić information content (AvgIpc) is 3.35. The maximum absolute atomic E-state index is 12.2. The molecule has 0 aliphatic carbocycles. The van der Waals surface area contributed by atoms with Crippen LogP contribution in [0.25, 0.3) is 0 Å². The summed E-state index contributed by atoms with van der Waals surface area (Å²) in [5, 5.41) is 22.6. The highest BCUT2D eigenvalue weighted by atomic mass is 32.2. The van der Waals surface area contributed by atoms with Crippen molar-refractivity contribution in [1.82, 2.24) is 25.7 Å². The van der Waals surface area contributed by atoms with Gasteiger partial charge in [-0.05, 0) is 19.4 Å². The summed E-state index contributed by atoms with van der Waals surface area (Å²) in [5.41, 5.74) is 2.19. The number of amides is 2. The summed E-state index contributed by atoms with van der Waals surface area (Å²) in [4.78, 5) is 23.6. The molecule has 3 rings (SSSR count). The monoisotopic (exact) mass is 450 g/mol. The second kappa shape index (κ2) is 10.3. The van der Waals surface area contributed by atoms with Gasteiger partial charge in [0.25, 0.3) is 5.91 Å². The van der Waals surface area contributed by atoms with Gasteiger partial charge in [0, 0.05) is 6.54 Å². The number of aryl methyl sites for hydroxylation is 1. The van der Waals surface area contributed by atoms with E-state index in [1.165, 1.54) is 40.0 Å². The Bertz CT molecular complexity index is 973. The average molecular weight is 451 g/mol. The van der Waals surface area contributed by atoms with Gasteiger partial charge in [0.15, 0.2) is 4.34 Å². The number of carbonyl (C=O) groups excluding carboxylic acids is 2. The molecule has 9 nitrogen and oxygen atoms in total. The van der Waals surface area contributed by atoms with Crippen molar-refractivity contribution in [3.8, 4) is 0 Å². The van der Waals surface area contributed by atoms with E-state index >= 15 is 0 Å². The van der Waals surface area contributed by atoms with Crippen LogP contribution < -0.4 is 10.6 Å². The number of benzene rings is 1. The molecule has 0 bridgehead atoms. The highest BCUT2D eigenvalue weighted by Crippen LogP contribution is 2.29. The Kier molecular flexibility index (Phi) is 7.49.